The second kappa shape index (κ2) is 5.38. The van der Waals surface area contributed by atoms with E-state index in [2.05, 4.69) is 5.32 Å². The molecule has 0 unspecified atom stereocenters. The summed E-state index contributed by atoms with van der Waals surface area (Å²) in [4.78, 5) is 23.8. The number of carbonyl (C=O) groups excluding carboxylic acids is 1. The molecule has 0 atom stereocenters. The van der Waals surface area contributed by atoms with E-state index >= 15 is 0 Å². The van der Waals surface area contributed by atoms with Crippen molar-refractivity contribution in [1.29, 1.82) is 0 Å². The third-order valence-electron chi connectivity index (χ3n) is 2.50. The molecule has 0 spiro atoms. The summed E-state index contributed by atoms with van der Waals surface area (Å²) in [6.45, 7) is 2.84. The number of amides is 2. The molecule has 0 bridgehead atoms. The zero-order chi connectivity index (χ0) is 11.3. The molecule has 0 aliphatic carbocycles. The van der Waals surface area contributed by atoms with E-state index in [0.717, 1.165) is 0 Å². The summed E-state index contributed by atoms with van der Waals surface area (Å²) in [5, 5.41) is 11.4. The Morgan fingerprint density at radius 1 is 1.40 bits per heavy atom. The summed E-state index contributed by atoms with van der Waals surface area (Å²) in [5.74, 6) is -1.06. The van der Waals surface area contributed by atoms with Crippen LogP contribution in [-0.2, 0) is 4.79 Å². The Balaban J connectivity index is 2.36. The topological polar surface area (TPSA) is 69.6 Å². The van der Waals surface area contributed by atoms with Crippen LogP contribution in [0.15, 0.2) is 12.3 Å². The highest BCUT2D eigenvalue weighted by molar-refractivity contribution is 5.76. The first kappa shape index (κ1) is 11.6. The first-order valence-corrected chi connectivity index (χ1v) is 5.04. The average molecular weight is 212 g/mol. The van der Waals surface area contributed by atoms with Crippen LogP contribution in [0.25, 0.3) is 0 Å². The van der Waals surface area contributed by atoms with Crippen molar-refractivity contribution in [2.75, 3.05) is 13.1 Å². The quantitative estimate of drug-likeness (QED) is 0.718. The van der Waals surface area contributed by atoms with Crippen molar-refractivity contribution in [3.63, 3.8) is 0 Å². The number of urea groups is 1. The third-order valence-corrected chi connectivity index (χ3v) is 2.50. The maximum absolute atomic E-state index is 11.4. The minimum atomic E-state index is -0.761. The van der Waals surface area contributed by atoms with E-state index in [4.69, 9.17) is 5.11 Å². The van der Waals surface area contributed by atoms with E-state index < -0.39 is 5.97 Å². The number of likely N-dealkylation sites (tertiary alicyclic amines) is 1. The summed E-state index contributed by atoms with van der Waals surface area (Å²) in [5.41, 5.74) is 0. The maximum Gasteiger partial charge on any atom is 0.321 e. The van der Waals surface area contributed by atoms with Crippen LogP contribution in [-0.4, -0.2) is 35.1 Å². The van der Waals surface area contributed by atoms with E-state index in [1.807, 2.05) is 6.92 Å². The van der Waals surface area contributed by atoms with Crippen molar-refractivity contribution in [1.82, 2.24) is 10.2 Å². The second-order valence-electron chi connectivity index (χ2n) is 3.55. The number of hydrogen-bond acceptors (Lipinski definition) is 2. The fraction of sp³-hybridized carbons (Fsp3) is 0.600. The molecule has 1 rings (SSSR count). The van der Waals surface area contributed by atoms with Crippen molar-refractivity contribution < 1.29 is 14.7 Å². The predicted octanol–water partition coefficient (Wildman–Crippen LogP) is 1.03. The molecule has 1 heterocycles. The van der Waals surface area contributed by atoms with Crippen molar-refractivity contribution in [3.05, 3.63) is 12.3 Å². The minimum absolute atomic E-state index is 0.156. The molecule has 5 nitrogen and oxygen atoms in total. The standard InChI is InChI=1S/C10H16N2O3/c1-2-5-11-10(15)12-6-3-8(4-7-12)9(13)14/h2,5,8H,3-4,6-7H2,1H3,(H,11,15)(H,13,14)/b5-2+. The molecule has 0 aromatic rings. The van der Waals surface area contributed by atoms with Gasteiger partial charge in [0, 0.05) is 19.3 Å². The third kappa shape index (κ3) is 3.27. The van der Waals surface area contributed by atoms with Gasteiger partial charge in [0.1, 0.15) is 0 Å². The molecule has 84 valence electrons. The zero-order valence-corrected chi connectivity index (χ0v) is 8.77. The lowest BCUT2D eigenvalue weighted by molar-refractivity contribution is -0.143. The molecule has 1 aliphatic rings. The fourth-order valence-electron chi connectivity index (χ4n) is 1.58. The van der Waals surface area contributed by atoms with Crippen molar-refractivity contribution >= 4 is 12.0 Å². The van der Waals surface area contributed by atoms with Gasteiger partial charge >= 0.3 is 12.0 Å². The molecule has 1 aliphatic heterocycles. The number of nitrogens with zero attached hydrogens (tertiary/aromatic N) is 1. The SMILES string of the molecule is C/C=C/NC(=O)N1CCC(C(=O)O)CC1. The number of carboxylic acids is 1. The molecule has 2 amide bonds. The lowest BCUT2D eigenvalue weighted by Gasteiger charge is -2.29. The van der Waals surface area contributed by atoms with Crippen LogP contribution in [0.2, 0.25) is 0 Å². The minimum Gasteiger partial charge on any atom is -0.481 e. The van der Waals surface area contributed by atoms with Crippen LogP contribution in [0.3, 0.4) is 0 Å². The maximum atomic E-state index is 11.4. The van der Waals surface area contributed by atoms with E-state index in [0.29, 0.717) is 25.9 Å². The molecule has 1 fully saturated rings. The average Bonchev–Trinajstić information content (AvgIpc) is 2.26. The fourth-order valence-corrected chi connectivity index (χ4v) is 1.58. The number of allylic oxidation sites excluding steroid dienone is 1. The Bertz CT molecular complexity index is 268. The Morgan fingerprint density at radius 3 is 2.47 bits per heavy atom. The predicted molar refractivity (Wildman–Crippen MR) is 55.3 cm³/mol. The normalized spacial score (nSPS) is 18.1. The zero-order valence-electron chi connectivity index (χ0n) is 8.77. The van der Waals surface area contributed by atoms with Crippen molar-refractivity contribution in [2.24, 2.45) is 5.92 Å². The molecule has 15 heavy (non-hydrogen) atoms. The summed E-state index contributed by atoms with van der Waals surface area (Å²) < 4.78 is 0. The molecule has 5 heteroatoms. The largest absolute Gasteiger partial charge is 0.481 e. The van der Waals surface area contributed by atoms with Crippen LogP contribution in [0.1, 0.15) is 19.8 Å². The van der Waals surface area contributed by atoms with Crippen molar-refractivity contribution in [2.45, 2.75) is 19.8 Å². The van der Waals surface area contributed by atoms with Gasteiger partial charge in [-0.1, -0.05) is 6.08 Å². The number of aliphatic carboxylic acids is 1. The number of hydrogen-bond donors (Lipinski definition) is 2. The van der Waals surface area contributed by atoms with Gasteiger partial charge in [-0.2, -0.15) is 0 Å². The van der Waals surface area contributed by atoms with Gasteiger partial charge in [-0.15, -0.1) is 0 Å². The Kier molecular flexibility index (Phi) is 4.15. The van der Waals surface area contributed by atoms with Gasteiger partial charge in [-0.3, -0.25) is 4.79 Å². The molecular weight excluding hydrogens is 196 g/mol. The van der Waals surface area contributed by atoms with Crippen LogP contribution in [0, 0.1) is 5.92 Å². The smallest absolute Gasteiger partial charge is 0.321 e. The molecule has 1 saturated heterocycles. The molecule has 2 N–H and O–H groups in total. The lowest BCUT2D eigenvalue weighted by atomic mass is 9.97. The summed E-state index contributed by atoms with van der Waals surface area (Å²) in [6, 6.07) is -0.156. The van der Waals surface area contributed by atoms with E-state index in [9.17, 15) is 9.59 Å². The van der Waals surface area contributed by atoms with Crippen LogP contribution in [0.4, 0.5) is 4.79 Å². The Labute approximate surface area is 88.8 Å². The van der Waals surface area contributed by atoms with E-state index in [1.165, 1.54) is 0 Å². The number of piperidine rings is 1. The van der Waals surface area contributed by atoms with E-state index in [-0.39, 0.29) is 11.9 Å². The van der Waals surface area contributed by atoms with Gasteiger partial charge in [-0.05, 0) is 19.8 Å². The van der Waals surface area contributed by atoms with Crippen LogP contribution < -0.4 is 5.32 Å². The first-order chi connectivity index (χ1) is 7.15. The number of carbonyl (C=O) groups is 2. The highest BCUT2D eigenvalue weighted by atomic mass is 16.4. The van der Waals surface area contributed by atoms with Gasteiger partial charge < -0.3 is 15.3 Å². The Morgan fingerprint density at radius 2 is 2.00 bits per heavy atom. The first-order valence-electron chi connectivity index (χ1n) is 5.04. The van der Waals surface area contributed by atoms with Gasteiger partial charge in [0.05, 0.1) is 5.92 Å². The highest BCUT2D eigenvalue weighted by Crippen LogP contribution is 2.16. The summed E-state index contributed by atoms with van der Waals surface area (Å²) in [7, 11) is 0. The molecule has 0 aromatic carbocycles. The van der Waals surface area contributed by atoms with Crippen LogP contribution >= 0.6 is 0 Å². The summed E-state index contributed by atoms with van der Waals surface area (Å²) >= 11 is 0. The van der Waals surface area contributed by atoms with Crippen LogP contribution in [0.5, 0.6) is 0 Å². The van der Waals surface area contributed by atoms with E-state index in [1.54, 1.807) is 17.2 Å². The molecule has 0 aromatic heterocycles. The lowest BCUT2D eigenvalue weighted by Crippen LogP contribution is -2.44. The van der Waals surface area contributed by atoms with Gasteiger partial charge in [0.2, 0.25) is 0 Å². The number of nitrogens with one attached hydrogen (secondary N) is 1. The summed E-state index contributed by atoms with van der Waals surface area (Å²) in [6.07, 6.45) is 4.39. The molecule has 0 saturated carbocycles. The second-order valence-corrected chi connectivity index (χ2v) is 3.55. The highest BCUT2D eigenvalue weighted by Gasteiger charge is 2.26. The Hall–Kier alpha value is -1.52. The number of carboxylic acid groups (broad SMARTS) is 1. The van der Waals surface area contributed by atoms with Gasteiger partial charge in [0.15, 0.2) is 0 Å². The van der Waals surface area contributed by atoms with Crippen molar-refractivity contribution in [3.8, 4) is 0 Å². The van der Waals surface area contributed by atoms with Gasteiger partial charge in [0.25, 0.3) is 0 Å². The van der Waals surface area contributed by atoms with Gasteiger partial charge in [-0.25, -0.2) is 4.79 Å². The molecule has 0 radical (unpaired) electrons. The number of rotatable bonds is 2. The molecular formula is C10H16N2O3. The monoisotopic (exact) mass is 212 g/mol.